The molecule has 1 aromatic rings. The van der Waals surface area contributed by atoms with Gasteiger partial charge in [-0.2, -0.15) is 0 Å². The molecule has 1 aromatic carbocycles. The Morgan fingerprint density at radius 3 is 2.00 bits per heavy atom. The molecule has 0 aliphatic heterocycles. The molecule has 2 heteroatoms. The molecule has 0 saturated carbocycles. The standard InChI is InChI=1S/C13H19NO.C2H6/c1-6-14(12(5)15)13-8-10(3)9(2)7-11(13)4;1-2/h7-8,15H,5-6H2,1-4H3;1-2H3. The summed E-state index contributed by atoms with van der Waals surface area (Å²) in [6, 6.07) is 4.23. The fourth-order valence-electron chi connectivity index (χ4n) is 1.73. The lowest BCUT2D eigenvalue weighted by molar-refractivity contribution is 0.394. The van der Waals surface area contributed by atoms with Crippen molar-refractivity contribution in [3.63, 3.8) is 0 Å². The van der Waals surface area contributed by atoms with Gasteiger partial charge in [0.2, 0.25) is 0 Å². The van der Waals surface area contributed by atoms with Crippen molar-refractivity contribution in [1.82, 2.24) is 0 Å². The van der Waals surface area contributed by atoms with E-state index in [1.165, 1.54) is 11.1 Å². The molecule has 0 spiro atoms. The topological polar surface area (TPSA) is 23.5 Å². The predicted octanol–water partition coefficient (Wildman–Crippen LogP) is 4.49. The fourth-order valence-corrected chi connectivity index (χ4v) is 1.73. The minimum Gasteiger partial charge on any atom is -0.495 e. The van der Waals surface area contributed by atoms with E-state index in [4.69, 9.17) is 0 Å². The molecule has 0 radical (unpaired) electrons. The molecule has 0 heterocycles. The molecular weight excluding hydrogens is 210 g/mol. The van der Waals surface area contributed by atoms with E-state index >= 15 is 0 Å². The SMILES string of the molecule is C=C(O)N(CC)c1cc(C)c(C)cc1C.CC. The molecule has 17 heavy (non-hydrogen) atoms. The van der Waals surface area contributed by atoms with Crippen LogP contribution in [-0.4, -0.2) is 11.7 Å². The number of aliphatic hydroxyl groups is 1. The number of anilines is 1. The normalized spacial score (nSPS) is 9.29. The van der Waals surface area contributed by atoms with E-state index in [2.05, 4.69) is 32.6 Å². The number of hydrogen-bond acceptors (Lipinski definition) is 2. The summed E-state index contributed by atoms with van der Waals surface area (Å²) in [4.78, 5) is 1.81. The lowest BCUT2D eigenvalue weighted by Crippen LogP contribution is -2.22. The van der Waals surface area contributed by atoms with Crippen LogP contribution in [0.3, 0.4) is 0 Å². The van der Waals surface area contributed by atoms with Gasteiger partial charge in [0.15, 0.2) is 5.88 Å². The lowest BCUT2D eigenvalue weighted by atomic mass is 10.0. The van der Waals surface area contributed by atoms with Gasteiger partial charge in [-0.15, -0.1) is 0 Å². The van der Waals surface area contributed by atoms with Crippen molar-refractivity contribution in [2.45, 2.75) is 41.5 Å². The molecule has 1 N–H and O–H groups in total. The largest absolute Gasteiger partial charge is 0.495 e. The summed E-state index contributed by atoms with van der Waals surface area (Å²) in [5.74, 6) is 0.101. The van der Waals surface area contributed by atoms with Crippen LogP contribution in [0.1, 0.15) is 37.5 Å². The van der Waals surface area contributed by atoms with Crippen molar-refractivity contribution >= 4 is 5.69 Å². The molecule has 0 unspecified atom stereocenters. The van der Waals surface area contributed by atoms with Crippen LogP contribution in [0.25, 0.3) is 0 Å². The van der Waals surface area contributed by atoms with E-state index in [9.17, 15) is 5.11 Å². The molecule has 0 aliphatic carbocycles. The third kappa shape index (κ3) is 3.81. The zero-order valence-electron chi connectivity index (χ0n) is 12.0. The molecule has 1 rings (SSSR count). The summed E-state index contributed by atoms with van der Waals surface area (Å²) >= 11 is 0. The third-order valence-corrected chi connectivity index (χ3v) is 2.73. The smallest absolute Gasteiger partial charge is 0.183 e. The Bertz CT molecular complexity index is 383. The first-order valence-electron chi connectivity index (χ1n) is 6.20. The average Bonchev–Trinajstić information content (AvgIpc) is 2.28. The van der Waals surface area contributed by atoms with Crippen LogP contribution < -0.4 is 4.90 Å². The maximum Gasteiger partial charge on any atom is 0.183 e. The van der Waals surface area contributed by atoms with Gasteiger partial charge in [0.25, 0.3) is 0 Å². The van der Waals surface area contributed by atoms with Gasteiger partial charge in [0, 0.05) is 12.2 Å². The van der Waals surface area contributed by atoms with Crippen LogP contribution in [0.2, 0.25) is 0 Å². The molecule has 2 nitrogen and oxygen atoms in total. The zero-order chi connectivity index (χ0) is 13.6. The summed E-state index contributed by atoms with van der Waals surface area (Å²) in [6.07, 6.45) is 0. The summed E-state index contributed by atoms with van der Waals surface area (Å²) < 4.78 is 0. The Hall–Kier alpha value is -1.44. The van der Waals surface area contributed by atoms with E-state index in [1.807, 2.05) is 32.6 Å². The molecule has 0 atom stereocenters. The second-order valence-electron chi connectivity index (χ2n) is 3.88. The summed E-state index contributed by atoms with van der Waals surface area (Å²) in [7, 11) is 0. The first-order chi connectivity index (χ1) is 7.97. The predicted molar refractivity (Wildman–Crippen MR) is 76.8 cm³/mol. The molecular formula is C15H25NO. The van der Waals surface area contributed by atoms with Gasteiger partial charge in [0.1, 0.15) is 0 Å². The number of nitrogens with zero attached hydrogens (tertiary/aromatic N) is 1. The van der Waals surface area contributed by atoms with Crippen molar-refractivity contribution in [3.05, 3.63) is 41.3 Å². The summed E-state index contributed by atoms with van der Waals surface area (Å²) in [5, 5.41) is 9.48. The third-order valence-electron chi connectivity index (χ3n) is 2.73. The minimum atomic E-state index is 0.101. The average molecular weight is 235 g/mol. The molecule has 0 fully saturated rings. The number of aliphatic hydroxyl groups excluding tert-OH is 1. The van der Waals surface area contributed by atoms with Crippen LogP contribution >= 0.6 is 0 Å². The highest BCUT2D eigenvalue weighted by molar-refractivity contribution is 5.59. The minimum absolute atomic E-state index is 0.101. The molecule has 0 aromatic heterocycles. The van der Waals surface area contributed by atoms with E-state index in [-0.39, 0.29) is 5.88 Å². The Labute approximate surface area is 106 Å². The van der Waals surface area contributed by atoms with Gasteiger partial charge >= 0.3 is 0 Å². The number of aryl methyl sites for hydroxylation is 3. The molecule has 0 aliphatic rings. The first-order valence-corrected chi connectivity index (χ1v) is 6.20. The van der Waals surface area contributed by atoms with Crippen molar-refractivity contribution in [2.75, 3.05) is 11.4 Å². The van der Waals surface area contributed by atoms with Gasteiger partial charge < -0.3 is 10.0 Å². The van der Waals surface area contributed by atoms with Gasteiger partial charge in [-0.25, -0.2) is 0 Å². The van der Waals surface area contributed by atoms with E-state index in [0.717, 1.165) is 17.8 Å². The lowest BCUT2D eigenvalue weighted by Gasteiger charge is -2.24. The molecule has 96 valence electrons. The van der Waals surface area contributed by atoms with Crippen LogP contribution in [-0.2, 0) is 0 Å². The monoisotopic (exact) mass is 235 g/mol. The highest BCUT2D eigenvalue weighted by Crippen LogP contribution is 2.25. The van der Waals surface area contributed by atoms with E-state index < -0.39 is 0 Å². The van der Waals surface area contributed by atoms with Gasteiger partial charge in [0.05, 0.1) is 0 Å². The highest BCUT2D eigenvalue weighted by atomic mass is 16.3. The Balaban J connectivity index is 0.00000121. The first kappa shape index (κ1) is 15.6. The molecule has 0 saturated heterocycles. The quantitative estimate of drug-likeness (QED) is 0.780. The molecule has 0 bridgehead atoms. The molecule has 0 amide bonds. The van der Waals surface area contributed by atoms with Crippen LogP contribution in [0.4, 0.5) is 5.69 Å². The van der Waals surface area contributed by atoms with Crippen molar-refractivity contribution in [2.24, 2.45) is 0 Å². The highest BCUT2D eigenvalue weighted by Gasteiger charge is 2.10. The summed E-state index contributed by atoms with van der Waals surface area (Å²) in [5.41, 5.74) is 4.70. The number of benzene rings is 1. The second kappa shape index (κ2) is 7.00. The Morgan fingerprint density at radius 1 is 1.12 bits per heavy atom. The number of rotatable bonds is 3. The summed E-state index contributed by atoms with van der Waals surface area (Å²) in [6.45, 7) is 16.5. The maximum absolute atomic E-state index is 9.48. The Kier molecular flexibility index (Phi) is 6.40. The van der Waals surface area contributed by atoms with Crippen molar-refractivity contribution in [1.29, 1.82) is 0 Å². The second-order valence-corrected chi connectivity index (χ2v) is 3.88. The number of hydrogen-bond donors (Lipinski definition) is 1. The van der Waals surface area contributed by atoms with Gasteiger partial charge in [-0.3, -0.25) is 0 Å². The fraction of sp³-hybridized carbons (Fsp3) is 0.467. The zero-order valence-corrected chi connectivity index (χ0v) is 12.0. The van der Waals surface area contributed by atoms with Gasteiger partial charge in [-0.1, -0.05) is 19.9 Å². The van der Waals surface area contributed by atoms with E-state index in [0.29, 0.717) is 0 Å². The van der Waals surface area contributed by atoms with Crippen molar-refractivity contribution < 1.29 is 5.11 Å². The van der Waals surface area contributed by atoms with Crippen LogP contribution in [0.15, 0.2) is 24.6 Å². The maximum atomic E-state index is 9.48. The van der Waals surface area contributed by atoms with E-state index in [1.54, 1.807) is 0 Å². The van der Waals surface area contributed by atoms with Crippen LogP contribution in [0, 0.1) is 20.8 Å². The van der Waals surface area contributed by atoms with Crippen molar-refractivity contribution in [3.8, 4) is 0 Å². The van der Waals surface area contributed by atoms with Gasteiger partial charge in [-0.05, 0) is 57.0 Å². The van der Waals surface area contributed by atoms with Crippen LogP contribution in [0.5, 0.6) is 0 Å². The Morgan fingerprint density at radius 2 is 1.59 bits per heavy atom.